The Balaban J connectivity index is 1.16. The van der Waals surface area contributed by atoms with Crippen molar-refractivity contribution in [2.75, 3.05) is 25.4 Å². The standard InChI is InChI=1S/C30H26Cl2N6O2S/c1-19-16-36(13-14-37(19)29(40)22-9-2-4-11-24(22)32)26(39)18-41-30-33-28-27(34-35-30)23-10-3-5-12-25(23)38(28)17-20-7-6-8-21(31)15-20/h2-12,15,19H,13-14,16-18H2,1H3. The van der Waals surface area contributed by atoms with Crippen molar-refractivity contribution >= 4 is 68.8 Å². The van der Waals surface area contributed by atoms with E-state index in [1.165, 1.54) is 11.8 Å². The molecule has 0 saturated carbocycles. The van der Waals surface area contributed by atoms with Crippen molar-refractivity contribution in [3.63, 3.8) is 0 Å². The summed E-state index contributed by atoms with van der Waals surface area (Å²) in [5, 5.41) is 11.3. The normalized spacial score (nSPS) is 15.5. The summed E-state index contributed by atoms with van der Waals surface area (Å²) < 4.78 is 2.10. The van der Waals surface area contributed by atoms with Gasteiger partial charge in [0.25, 0.3) is 5.91 Å². The van der Waals surface area contributed by atoms with Crippen molar-refractivity contribution in [3.8, 4) is 0 Å². The molecular formula is C30H26Cl2N6O2S. The molecule has 0 radical (unpaired) electrons. The number of thioether (sulfide) groups is 1. The average Bonchev–Trinajstić information content (AvgIpc) is 3.28. The van der Waals surface area contributed by atoms with Crippen LogP contribution in [0.5, 0.6) is 0 Å². The molecule has 3 aromatic carbocycles. The van der Waals surface area contributed by atoms with Crippen molar-refractivity contribution in [3.05, 3.63) is 94.0 Å². The van der Waals surface area contributed by atoms with Crippen LogP contribution in [0.2, 0.25) is 10.0 Å². The summed E-state index contributed by atoms with van der Waals surface area (Å²) >= 11 is 13.7. The Hall–Kier alpha value is -3.66. The highest BCUT2D eigenvalue weighted by Crippen LogP contribution is 2.29. The Labute approximate surface area is 251 Å². The number of benzene rings is 3. The first-order valence-corrected chi connectivity index (χ1v) is 15.0. The second-order valence-electron chi connectivity index (χ2n) is 9.96. The number of hydrogen-bond donors (Lipinski definition) is 0. The zero-order chi connectivity index (χ0) is 28.5. The van der Waals surface area contributed by atoms with Gasteiger partial charge in [0.15, 0.2) is 5.65 Å². The highest BCUT2D eigenvalue weighted by atomic mass is 35.5. The van der Waals surface area contributed by atoms with Crippen molar-refractivity contribution in [1.29, 1.82) is 0 Å². The molecule has 8 nitrogen and oxygen atoms in total. The Morgan fingerprint density at radius 1 is 0.976 bits per heavy atom. The van der Waals surface area contributed by atoms with Gasteiger partial charge in [-0.25, -0.2) is 4.98 Å². The molecule has 0 spiro atoms. The van der Waals surface area contributed by atoms with E-state index in [1.54, 1.807) is 34.1 Å². The number of aromatic nitrogens is 4. The van der Waals surface area contributed by atoms with E-state index < -0.39 is 0 Å². The topological polar surface area (TPSA) is 84.2 Å². The lowest BCUT2D eigenvalue weighted by molar-refractivity contribution is -0.130. The van der Waals surface area contributed by atoms with Crippen LogP contribution in [0, 0.1) is 0 Å². The van der Waals surface area contributed by atoms with Crippen molar-refractivity contribution in [1.82, 2.24) is 29.5 Å². The zero-order valence-corrected chi connectivity index (χ0v) is 24.5. The molecule has 208 valence electrons. The van der Waals surface area contributed by atoms with Gasteiger partial charge in [0, 0.05) is 42.6 Å². The largest absolute Gasteiger partial charge is 0.338 e. The fraction of sp³-hybridized carbons (Fsp3) is 0.233. The lowest BCUT2D eigenvalue weighted by Gasteiger charge is -2.40. The van der Waals surface area contributed by atoms with Gasteiger partial charge >= 0.3 is 0 Å². The van der Waals surface area contributed by atoms with Gasteiger partial charge in [0.1, 0.15) is 5.52 Å². The van der Waals surface area contributed by atoms with Gasteiger partial charge in [-0.2, -0.15) is 0 Å². The minimum Gasteiger partial charge on any atom is -0.338 e. The predicted molar refractivity (Wildman–Crippen MR) is 163 cm³/mol. The Bertz CT molecular complexity index is 1780. The van der Waals surface area contributed by atoms with Crippen molar-refractivity contribution < 1.29 is 9.59 Å². The molecule has 1 aliphatic heterocycles. The van der Waals surface area contributed by atoms with Gasteiger partial charge in [-0.15, -0.1) is 10.2 Å². The SMILES string of the molecule is CC1CN(C(=O)CSc2nnc3c4ccccc4n(Cc4cccc(Cl)c4)c3n2)CCN1C(=O)c1ccccc1Cl. The molecular weight excluding hydrogens is 579 g/mol. The van der Waals surface area contributed by atoms with E-state index in [0.717, 1.165) is 16.5 Å². The molecule has 1 saturated heterocycles. The highest BCUT2D eigenvalue weighted by molar-refractivity contribution is 7.99. The van der Waals surface area contributed by atoms with Crippen LogP contribution in [-0.2, 0) is 11.3 Å². The van der Waals surface area contributed by atoms with Crippen LogP contribution in [-0.4, -0.2) is 72.8 Å². The molecule has 0 aliphatic carbocycles. The van der Waals surface area contributed by atoms with Crippen molar-refractivity contribution in [2.45, 2.75) is 24.7 Å². The van der Waals surface area contributed by atoms with Crippen molar-refractivity contribution in [2.24, 2.45) is 0 Å². The summed E-state index contributed by atoms with van der Waals surface area (Å²) in [7, 11) is 0. The van der Waals surface area contributed by atoms with Gasteiger partial charge in [-0.05, 0) is 42.8 Å². The maximum Gasteiger partial charge on any atom is 0.255 e. The van der Waals surface area contributed by atoms with Gasteiger partial charge < -0.3 is 14.4 Å². The van der Waals surface area contributed by atoms with E-state index in [4.69, 9.17) is 28.2 Å². The molecule has 6 rings (SSSR count). The van der Waals surface area contributed by atoms with E-state index in [-0.39, 0.29) is 23.6 Å². The molecule has 1 unspecified atom stereocenters. The number of nitrogens with zero attached hydrogens (tertiary/aromatic N) is 6. The first-order chi connectivity index (χ1) is 19.9. The summed E-state index contributed by atoms with van der Waals surface area (Å²) in [6, 6.07) is 22.6. The number of carbonyl (C=O) groups is 2. The van der Waals surface area contributed by atoms with Crippen LogP contribution in [0.1, 0.15) is 22.8 Å². The lowest BCUT2D eigenvalue weighted by Crippen LogP contribution is -2.55. The molecule has 3 heterocycles. The number of para-hydroxylation sites is 1. The Morgan fingerprint density at radius 3 is 2.59 bits per heavy atom. The number of rotatable bonds is 6. The highest BCUT2D eigenvalue weighted by Gasteiger charge is 2.31. The first kappa shape index (κ1) is 27.5. The van der Waals surface area contributed by atoms with Crippen LogP contribution in [0.4, 0.5) is 0 Å². The first-order valence-electron chi connectivity index (χ1n) is 13.2. The second-order valence-corrected chi connectivity index (χ2v) is 11.7. The average molecular weight is 606 g/mol. The maximum atomic E-state index is 13.1. The zero-order valence-electron chi connectivity index (χ0n) is 22.2. The number of carbonyl (C=O) groups excluding carboxylic acids is 2. The number of fused-ring (bicyclic) bond motifs is 3. The Morgan fingerprint density at radius 2 is 1.78 bits per heavy atom. The van der Waals surface area contributed by atoms with E-state index in [1.807, 2.05) is 55.5 Å². The van der Waals surface area contributed by atoms with Crippen LogP contribution < -0.4 is 0 Å². The molecule has 41 heavy (non-hydrogen) atoms. The lowest BCUT2D eigenvalue weighted by atomic mass is 10.1. The fourth-order valence-corrected chi connectivity index (χ4v) is 6.34. The molecule has 0 bridgehead atoms. The quantitative estimate of drug-likeness (QED) is 0.228. The maximum absolute atomic E-state index is 13.1. The minimum absolute atomic E-state index is 0.0325. The Kier molecular flexibility index (Phi) is 7.84. The van der Waals surface area contributed by atoms with Crippen LogP contribution in [0.25, 0.3) is 22.1 Å². The molecule has 5 aromatic rings. The summed E-state index contributed by atoms with van der Waals surface area (Å²) in [4.78, 5) is 34.6. The summed E-state index contributed by atoms with van der Waals surface area (Å²) in [5.74, 6) is 0.0211. The van der Waals surface area contributed by atoms with Gasteiger partial charge in [-0.1, -0.05) is 77.4 Å². The molecule has 11 heteroatoms. The molecule has 0 N–H and O–H groups in total. The molecule has 1 aliphatic rings. The third-order valence-corrected chi connectivity index (χ3v) is 8.64. The molecule has 1 atom stereocenters. The predicted octanol–water partition coefficient (Wildman–Crippen LogP) is 5.80. The monoisotopic (exact) mass is 604 g/mol. The van der Waals surface area contributed by atoms with Gasteiger partial charge in [0.2, 0.25) is 11.1 Å². The van der Waals surface area contributed by atoms with E-state index >= 15 is 0 Å². The number of halogens is 2. The number of amides is 2. The molecule has 2 amide bonds. The molecule has 2 aromatic heterocycles. The fourth-order valence-electron chi connectivity index (χ4n) is 5.22. The second kappa shape index (κ2) is 11.7. The smallest absolute Gasteiger partial charge is 0.255 e. The van der Waals surface area contributed by atoms with Crippen LogP contribution >= 0.6 is 35.0 Å². The van der Waals surface area contributed by atoms with E-state index in [2.05, 4.69) is 14.8 Å². The summed E-state index contributed by atoms with van der Waals surface area (Å²) in [5.41, 5.74) is 3.94. The third kappa shape index (κ3) is 5.62. The summed E-state index contributed by atoms with van der Waals surface area (Å²) in [6.45, 7) is 3.85. The van der Waals surface area contributed by atoms with E-state index in [0.29, 0.717) is 58.1 Å². The van der Waals surface area contributed by atoms with Crippen LogP contribution in [0.3, 0.4) is 0 Å². The summed E-state index contributed by atoms with van der Waals surface area (Å²) in [6.07, 6.45) is 0. The van der Waals surface area contributed by atoms with E-state index in [9.17, 15) is 9.59 Å². The minimum atomic E-state index is -0.141. The number of piperazine rings is 1. The third-order valence-electron chi connectivity index (χ3n) is 7.25. The molecule has 1 fully saturated rings. The van der Waals surface area contributed by atoms with Crippen LogP contribution in [0.15, 0.2) is 78.0 Å². The number of hydrogen-bond acceptors (Lipinski definition) is 6. The van der Waals surface area contributed by atoms with Gasteiger partial charge in [-0.3, -0.25) is 9.59 Å². The van der Waals surface area contributed by atoms with Gasteiger partial charge in [0.05, 0.1) is 21.9 Å².